The van der Waals surface area contributed by atoms with E-state index >= 15 is 0 Å². The maximum atomic E-state index is 12.8. The number of aliphatic carboxylic acids is 1. The number of rotatable bonds is 3. The molecule has 4 heteroatoms. The largest absolute Gasteiger partial charge is 0.481 e. The van der Waals surface area contributed by atoms with Crippen LogP contribution < -0.4 is 4.90 Å². The summed E-state index contributed by atoms with van der Waals surface area (Å²) >= 11 is 0. The zero-order chi connectivity index (χ0) is 15.1. The zero-order valence-electron chi connectivity index (χ0n) is 12.2. The second-order valence-corrected chi connectivity index (χ2v) is 6.07. The van der Waals surface area contributed by atoms with Gasteiger partial charge in [0.05, 0.1) is 11.8 Å². The van der Waals surface area contributed by atoms with Crippen molar-refractivity contribution in [2.75, 3.05) is 11.9 Å². The van der Waals surface area contributed by atoms with Crippen LogP contribution in [0.15, 0.2) is 36.4 Å². The number of carbonyl (C=O) groups excluding carboxylic acids is 1. The zero-order valence-corrected chi connectivity index (χ0v) is 12.2. The fourth-order valence-corrected chi connectivity index (χ4v) is 3.61. The van der Waals surface area contributed by atoms with Crippen LogP contribution in [0.1, 0.15) is 12.0 Å². The molecule has 110 valence electrons. The van der Waals surface area contributed by atoms with E-state index in [9.17, 15) is 14.7 Å². The Hall–Kier alpha value is -2.10. The molecular weight excluding hydrogens is 266 g/mol. The fraction of sp³-hybridized carbons (Fsp3) is 0.412. The number of carboxylic acids is 1. The van der Waals surface area contributed by atoms with Crippen molar-refractivity contribution in [1.29, 1.82) is 0 Å². The molecule has 0 spiro atoms. The van der Waals surface area contributed by atoms with Gasteiger partial charge in [0.2, 0.25) is 5.91 Å². The van der Waals surface area contributed by atoms with Gasteiger partial charge >= 0.3 is 5.97 Å². The van der Waals surface area contributed by atoms with Crippen molar-refractivity contribution < 1.29 is 14.7 Å². The first-order valence-electron chi connectivity index (χ1n) is 7.24. The van der Waals surface area contributed by atoms with E-state index < -0.39 is 17.8 Å². The molecule has 3 rings (SSSR count). The Morgan fingerprint density at radius 3 is 2.24 bits per heavy atom. The maximum Gasteiger partial charge on any atom is 0.307 e. The Balaban J connectivity index is 1.85. The van der Waals surface area contributed by atoms with Crippen LogP contribution in [-0.4, -0.2) is 24.0 Å². The van der Waals surface area contributed by atoms with E-state index in [0.717, 1.165) is 17.7 Å². The van der Waals surface area contributed by atoms with Gasteiger partial charge in [-0.05, 0) is 37.3 Å². The predicted molar refractivity (Wildman–Crippen MR) is 79.9 cm³/mol. The van der Waals surface area contributed by atoms with E-state index in [2.05, 4.69) is 0 Å². The van der Waals surface area contributed by atoms with E-state index in [4.69, 9.17) is 0 Å². The van der Waals surface area contributed by atoms with Gasteiger partial charge in [-0.3, -0.25) is 9.59 Å². The van der Waals surface area contributed by atoms with Gasteiger partial charge in [-0.2, -0.15) is 0 Å². The van der Waals surface area contributed by atoms with Gasteiger partial charge < -0.3 is 10.0 Å². The number of nitrogens with zero attached hydrogens (tertiary/aromatic N) is 1. The van der Waals surface area contributed by atoms with E-state index in [1.807, 2.05) is 43.3 Å². The highest BCUT2D eigenvalue weighted by Gasteiger charge is 2.52. The highest BCUT2D eigenvalue weighted by atomic mass is 16.4. The second kappa shape index (κ2) is 5.02. The van der Waals surface area contributed by atoms with Gasteiger partial charge in [-0.25, -0.2) is 0 Å². The Labute approximate surface area is 124 Å². The number of aryl methyl sites for hydroxylation is 1. The molecule has 1 amide bonds. The molecule has 1 N–H and O–H groups in total. The smallest absolute Gasteiger partial charge is 0.307 e. The quantitative estimate of drug-likeness (QED) is 0.868. The molecule has 0 saturated heterocycles. The van der Waals surface area contributed by atoms with Gasteiger partial charge in [-0.1, -0.05) is 29.8 Å². The van der Waals surface area contributed by atoms with E-state index in [0.29, 0.717) is 0 Å². The Morgan fingerprint density at radius 1 is 1.10 bits per heavy atom. The molecule has 2 bridgehead atoms. The van der Waals surface area contributed by atoms with Gasteiger partial charge in [0.15, 0.2) is 0 Å². The summed E-state index contributed by atoms with van der Waals surface area (Å²) in [6, 6.07) is 7.70. The van der Waals surface area contributed by atoms with Gasteiger partial charge in [0.25, 0.3) is 0 Å². The SMILES string of the molecule is Cc1ccc(N(C)C(=O)[C@H]2C3C=CC(C3)[C@H]2C(=O)O)cc1. The van der Waals surface area contributed by atoms with Crippen LogP contribution in [0.25, 0.3) is 0 Å². The number of hydrogen-bond donors (Lipinski definition) is 1. The number of carboxylic acid groups (broad SMARTS) is 1. The van der Waals surface area contributed by atoms with Crippen molar-refractivity contribution in [2.24, 2.45) is 23.7 Å². The third kappa shape index (κ3) is 2.24. The first-order chi connectivity index (χ1) is 9.99. The van der Waals surface area contributed by atoms with Crippen molar-refractivity contribution in [2.45, 2.75) is 13.3 Å². The van der Waals surface area contributed by atoms with Crippen LogP contribution in [0.2, 0.25) is 0 Å². The lowest BCUT2D eigenvalue weighted by atomic mass is 9.82. The molecule has 1 aromatic carbocycles. The van der Waals surface area contributed by atoms with Gasteiger partial charge in [0, 0.05) is 12.7 Å². The first kappa shape index (κ1) is 13.9. The first-order valence-corrected chi connectivity index (χ1v) is 7.24. The summed E-state index contributed by atoms with van der Waals surface area (Å²) in [5, 5.41) is 9.44. The molecule has 1 aromatic rings. The molecular formula is C17H19NO3. The Morgan fingerprint density at radius 2 is 1.67 bits per heavy atom. The topological polar surface area (TPSA) is 57.6 Å². The third-order valence-corrected chi connectivity index (χ3v) is 4.78. The van der Waals surface area contributed by atoms with Crippen molar-refractivity contribution in [3.05, 3.63) is 42.0 Å². The summed E-state index contributed by atoms with van der Waals surface area (Å²) in [5.74, 6) is -1.90. The molecule has 4 atom stereocenters. The average Bonchev–Trinajstić information content (AvgIpc) is 3.07. The van der Waals surface area contributed by atoms with Crippen molar-refractivity contribution in [3.8, 4) is 0 Å². The number of benzene rings is 1. The molecule has 0 heterocycles. The number of hydrogen-bond acceptors (Lipinski definition) is 2. The highest BCUT2D eigenvalue weighted by molar-refractivity contribution is 5.97. The predicted octanol–water partition coefficient (Wildman–Crippen LogP) is 2.48. The molecule has 2 unspecified atom stereocenters. The van der Waals surface area contributed by atoms with Crippen LogP contribution in [0.4, 0.5) is 5.69 Å². The van der Waals surface area contributed by atoms with E-state index in [1.54, 1.807) is 11.9 Å². The van der Waals surface area contributed by atoms with Crippen LogP contribution in [0.3, 0.4) is 0 Å². The molecule has 0 radical (unpaired) electrons. The lowest BCUT2D eigenvalue weighted by Gasteiger charge is -2.28. The normalized spacial score (nSPS) is 29.6. The minimum Gasteiger partial charge on any atom is -0.481 e. The van der Waals surface area contributed by atoms with Crippen LogP contribution in [-0.2, 0) is 9.59 Å². The minimum absolute atomic E-state index is 0.00729. The fourth-order valence-electron chi connectivity index (χ4n) is 3.61. The highest BCUT2D eigenvalue weighted by Crippen LogP contribution is 2.48. The molecule has 21 heavy (non-hydrogen) atoms. The van der Waals surface area contributed by atoms with Crippen LogP contribution >= 0.6 is 0 Å². The molecule has 0 aliphatic heterocycles. The minimum atomic E-state index is -0.859. The van der Waals surface area contributed by atoms with E-state index in [-0.39, 0.29) is 17.7 Å². The number of amides is 1. The molecule has 1 saturated carbocycles. The average molecular weight is 285 g/mol. The Bertz CT molecular complexity index is 605. The lowest BCUT2D eigenvalue weighted by molar-refractivity contribution is -0.147. The number of carbonyl (C=O) groups is 2. The summed E-state index contributed by atoms with van der Waals surface area (Å²) in [5.41, 5.74) is 1.94. The van der Waals surface area contributed by atoms with E-state index in [1.165, 1.54) is 0 Å². The molecule has 2 aliphatic rings. The number of allylic oxidation sites excluding steroid dienone is 2. The third-order valence-electron chi connectivity index (χ3n) is 4.78. The van der Waals surface area contributed by atoms with Gasteiger partial charge in [-0.15, -0.1) is 0 Å². The summed E-state index contributed by atoms with van der Waals surface area (Å²) in [6.45, 7) is 1.99. The Kier molecular flexibility index (Phi) is 3.32. The molecule has 2 aliphatic carbocycles. The summed E-state index contributed by atoms with van der Waals surface area (Å²) < 4.78 is 0. The summed E-state index contributed by atoms with van der Waals surface area (Å²) in [6.07, 6.45) is 4.75. The monoisotopic (exact) mass is 285 g/mol. The van der Waals surface area contributed by atoms with Crippen molar-refractivity contribution in [1.82, 2.24) is 0 Å². The van der Waals surface area contributed by atoms with Gasteiger partial charge in [0.1, 0.15) is 0 Å². The molecule has 4 nitrogen and oxygen atoms in total. The number of fused-ring (bicyclic) bond motifs is 2. The van der Waals surface area contributed by atoms with Crippen molar-refractivity contribution in [3.63, 3.8) is 0 Å². The van der Waals surface area contributed by atoms with Crippen molar-refractivity contribution >= 4 is 17.6 Å². The van der Waals surface area contributed by atoms with Crippen LogP contribution in [0.5, 0.6) is 0 Å². The lowest BCUT2D eigenvalue weighted by Crippen LogP contribution is -2.41. The number of anilines is 1. The standard InChI is InChI=1S/C17H19NO3/c1-10-3-7-13(8-4-10)18(2)16(19)14-11-5-6-12(9-11)15(14)17(20)21/h3-8,11-12,14-15H,9H2,1-2H3,(H,20,21)/t11?,12?,14-,15+/m0/s1. The summed E-state index contributed by atoms with van der Waals surface area (Å²) in [7, 11) is 1.72. The molecule has 0 aromatic heterocycles. The summed E-state index contributed by atoms with van der Waals surface area (Å²) in [4.78, 5) is 25.9. The second-order valence-electron chi connectivity index (χ2n) is 6.07. The van der Waals surface area contributed by atoms with Crippen LogP contribution in [0, 0.1) is 30.6 Å². The maximum absolute atomic E-state index is 12.8. The molecule has 1 fully saturated rings.